The SMILES string of the molecule is CCn1nc(C)c([C@H](C)NC(=O)Nc2c(OC)nn(C)c2C)c1C. The van der Waals surface area contributed by atoms with Crippen LogP contribution in [0.1, 0.15) is 42.5 Å². The molecule has 2 amide bonds. The summed E-state index contributed by atoms with van der Waals surface area (Å²) in [6.07, 6.45) is 0. The highest BCUT2D eigenvalue weighted by Crippen LogP contribution is 2.27. The number of ether oxygens (including phenoxy) is 1. The number of rotatable bonds is 5. The molecule has 1 atom stereocenters. The number of aryl methyl sites for hydroxylation is 3. The number of amides is 2. The summed E-state index contributed by atoms with van der Waals surface area (Å²) in [6.45, 7) is 10.6. The largest absolute Gasteiger partial charge is 0.478 e. The molecule has 2 aromatic rings. The summed E-state index contributed by atoms with van der Waals surface area (Å²) < 4.78 is 8.81. The normalized spacial score (nSPS) is 12.1. The zero-order valence-electron chi connectivity index (χ0n) is 15.4. The van der Waals surface area contributed by atoms with E-state index in [0.29, 0.717) is 11.6 Å². The van der Waals surface area contributed by atoms with Crippen LogP contribution in [0, 0.1) is 20.8 Å². The predicted molar refractivity (Wildman–Crippen MR) is 92.4 cm³/mol. The van der Waals surface area contributed by atoms with Gasteiger partial charge >= 0.3 is 6.03 Å². The Labute approximate surface area is 142 Å². The van der Waals surface area contributed by atoms with Crippen molar-refractivity contribution < 1.29 is 9.53 Å². The molecule has 8 nitrogen and oxygen atoms in total. The van der Waals surface area contributed by atoms with Crippen molar-refractivity contribution in [2.75, 3.05) is 12.4 Å². The number of hydrogen-bond donors (Lipinski definition) is 2. The first-order chi connectivity index (χ1) is 11.3. The first-order valence-corrected chi connectivity index (χ1v) is 7.99. The van der Waals surface area contributed by atoms with Gasteiger partial charge in [0.25, 0.3) is 5.88 Å². The van der Waals surface area contributed by atoms with Gasteiger partial charge in [-0.25, -0.2) is 4.79 Å². The molecule has 0 saturated heterocycles. The number of methoxy groups -OCH3 is 1. The highest BCUT2D eigenvalue weighted by molar-refractivity contribution is 5.91. The monoisotopic (exact) mass is 334 g/mol. The average molecular weight is 334 g/mol. The molecule has 2 N–H and O–H groups in total. The van der Waals surface area contributed by atoms with Crippen LogP contribution in [0.3, 0.4) is 0 Å². The number of hydrogen-bond acceptors (Lipinski definition) is 4. The van der Waals surface area contributed by atoms with Crippen LogP contribution >= 0.6 is 0 Å². The minimum atomic E-state index is -0.306. The van der Waals surface area contributed by atoms with E-state index in [-0.39, 0.29) is 12.1 Å². The minimum Gasteiger partial charge on any atom is -0.478 e. The topological polar surface area (TPSA) is 86.0 Å². The van der Waals surface area contributed by atoms with Crippen molar-refractivity contribution in [3.05, 3.63) is 22.6 Å². The van der Waals surface area contributed by atoms with Gasteiger partial charge in [-0.05, 0) is 34.6 Å². The molecule has 0 aliphatic carbocycles. The quantitative estimate of drug-likeness (QED) is 0.879. The van der Waals surface area contributed by atoms with Crippen LogP contribution in [0.15, 0.2) is 0 Å². The molecule has 2 rings (SSSR count). The van der Waals surface area contributed by atoms with Crippen LogP contribution in [-0.4, -0.2) is 32.7 Å². The van der Waals surface area contributed by atoms with Gasteiger partial charge in [-0.1, -0.05) is 0 Å². The number of carbonyl (C=O) groups excluding carboxylic acids is 1. The molecule has 0 radical (unpaired) electrons. The maximum atomic E-state index is 12.4. The molecule has 0 saturated carbocycles. The summed E-state index contributed by atoms with van der Waals surface area (Å²) in [6, 6.07) is -0.465. The van der Waals surface area contributed by atoms with Crippen LogP contribution in [0.5, 0.6) is 5.88 Å². The standard InChI is InChI=1S/C16H26N6O2/c1-8-22-11(4)13(10(3)19-22)9(2)17-16(23)18-14-12(5)21(6)20-15(14)24-7/h9H,8H2,1-7H3,(H2,17,18,23)/t9-/m0/s1. The van der Waals surface area contributed by atoms with E-state index in [1.165, 1.54) is 7.11 Å². The predicted octanol–water partition coefficient (Wildman–Crippen LogP) is 2.45. The smallest absolute Gasteiger partial charge is 0.319 e. The van der Waals surface area contributed by atoms with Crippen LogP contribution in [0.4, 0.5) is 10.5 Å². The number of urea groups is 1. The molecule has 0 unspecified atom stereocenters. The van der Waals surface area contributed by atoms with Crippen molar-refractivity contribution in [2.45, 2.75) is 47.2 Å². The highest BCUT2D eigenvalue weighted by Gasteiger charge is 2.21. The van der Waals surface area contributed by atoms with Crippen molar-refractivity contribution in [3.8, 4) is 5.88 Å². The van der Waals surface area contributed by atoms with Gasteiger partial charge < -0.3 is 15.4 Å². The summed E-state index contributed by atoms with van der Waals surface area (Å²) in [7, 11) is 3.33. The molecule has 2 heterocycles. The fourth-order valence-corrected chi connectivity index (χ4v) is 2.93. The maximum absolute atomic E-state index is 12.4. The van der Waals surface area contributed by atoms with Crippen LogP contribution in [-0.2, 0) is 13.6 Å². The Hall–Kier alpha value is -2.51. The second kappa shape index (κ2) is 6.94. The van der Waals surface area contributed by atoms with Crippen molar-refractivity contribution in [1.29, 1.82) is 0 Å². The Morgan fingerprint density at radius 2 is 1.92 bits per heavy atom. The van der Waals surface area contributed by atoms with E-state index in [1.54, 1.807) is 11.7 Å². The van der Waals surface area contributed by atoms with Gasteiger partial charge in [0.2, 0.25) is 0 Å². The van der Waals surface area contributed by atoms with Gasteiger partial charge in [0, 0.05) is 24.8 Å². The Balaban J connectivity index is 2.14. The van der Waals surface area contributed by atoms with Crippen molar-refractivity contribution in [1.82, 2.24) is 24.9 Å². The van der Waals surface area contributed by atoms with Gasteiger partial charge in [-0.15, -0.1) is 5.10 Å². The molecule has 0 spiro atoms. The third kappa shape index (κ3) is 3.22. The molecule has 2 aromatic heterocycles. The first-order valence-electron chi connectivity index (χ1n) is 7.99. The summed E-state index contributed by atoms with van der Waals surface area (Å²) in [5.74, 6) is 0.393. The Kier molecular flexibility index (Phi) is 5.16. The molecule has 132 valence electrons. The van der Waals surface area contributed by atoms with E-state index in [9.17, 15) is 4.79 Å². The molecule has 0 fully saturated rings. The fraction of sp³-hybridized carbons (Fsp3) is 0.562. The zero-order chi connectivity index (χ0) is 18.0. The molecular weight excluding hydrogens is 308 g/mol. The van der Waals surface area contributed by atoms with E-state index in [2.05, 4.69) is 20.8 Å². The third-order valence-electron chi connectivity index (χ3n) is 4.25. The third-order valence-corrected chi connectivity index (χ3v) is 4.25. The molecular formula is C16H26N6O2. The van der Waals surface area contributed by atoms with E-state index in [4.69, 9.17) is 4.74 Å². The van der Waals surface area contributed by atoms with E-state index in [1.807, 2.05) is 39.3 Å². The number of nitrogens with zero attached hydrogens (tertiary/aromatic N) is 4. The van der Waals surface area contributed by atoms with E-state index >= 15 is 0 Å². The molecule has 8 heteroatoms. The van der Waals surface area contributed by atoms with Crippen molar-refractivity contribution >= 4 is 11.7 Å². The van der Waals surface area contributed by atoms with Gasteiger partial charge in [-0.3, -0.25) is 9.36 Å². The van der Waals surface area contributed by atoms with Gasteiger partial charge in [0.05, 0.1) is 24.5 Å². The summed E-state index contributed by atoms with van der Waals surface area (Å²) in [5, 5.41) is 14.5. The number of nitrogens with one attached hydrogen (secondary N) is 2. The molecule has 0 bridgehead atoms. The second-order valence-electron chi connectivity index (χ2n) is 5.81. The van der Waals surface area contributed by atoms with Crippen LogP contribution < -0.4 is 15.4 Å². The summed E-state index contributed by atoms with van der Waals surface area (Å²) >= 11 is 0. The van der Waals surface area contributed by atoms with E-state index < -0.39 is 0 Å². The van der Waals surface area contributed by atoms with Gasteiger partial charge in [0.1, 0.15) is 5.69 Å². The maximum Gasteiger partial charge on any atom is 0.319 e. The first kappa shape index (κ1) is 17.8. The van der Waals surface area contributed by atoms with Gasteiger partial charge in [-0.2, -0.15) is 5.10 Å². The number of carbonyl (C=O) groups is 1. The summed E-state index contributed by atoms with van der Waals surface area (Å²) in [5.41, 5.74) is 4.43. The zero-order valence-corrected chi connectivity index (χ0v) is 15.4. The lowest BCUT2D eigenvalue weighted by Crippen LogP contribution is -2.32. The van der Waals surface area contributed by atoms with Crippen LogP contribution in [0.2, 0.25) is 0 Å². The second-order valence-corrected chi connectivity index (χ2v) is 5.81. The van der Waals surface area contributed by atoms with E-state index in [0.717, 1.165) is 29.2 Å². The number of aromatic nitrogens is 4. The average Bonchev–Trinajstić information content (AvgIpc) is 2.97. The Bertz CT molecular complexity index is 746. The fourth-order valence-electron chi connectivity index (χ4n) is 2.93. The molecule has 0 aliphatic rings. The Morgan fingerprint density at radius 3 is 2.46 bits per heavy atom. The lowest BCUT2D eigenvalue weighted by atomic mass is 10.1. The molecule has 0 aromatic carbocycles. The summed E-state index contributed by atoms with van der Waals surface area (Å²) in [4.78, 5) is 12.4. The van der Waals surface area contributed by atoms with Gasteiger partial charge in [0.15, 0.2) is 0 Å². The number of anilines is 1. The molecule has 24 heavy (non-hydrogen) atoms. The minimum absolute atomic E-state index is 0.159. The van der Waals surface area contributed by atoms with Crippen molar-refractivity contribution in [3.63, 3.8) is 0 Å². The van der Waals surface area contributed by atoms with Crippen LogP contribution in [0.25, 0.3) is 0 Å². The van der Waals surface area contributed by atoms with Crippen molar-refractivity contribution in [2.24, 2.45) is 7.05 Å². The lowest BCUT2D eigenvalue weighted by Gasteiger charge is -2.16. The highest BCUT2D eigenvalue weighted by atomic mass is 16.5. The molecule has 0 aliphatic heterocycles. The lowest BCUT2D eigenvalue weighted by molar-refractivity contribution is 0.249. The Morgan fingerprint density at radius 1 is 1.25 bits per heavy atom.